The largest absolute Gasteiger partial charge is 0.326 e. The molecular formula is C18H20N2O. The van der Waals surface area contributed by atoms with Crippen LogP contribution in [0, 0.1) is 6.92 Å². The molecule has 3 heteroatoms. The lowest BCUT2D eigenvalue weighted by Gasteiger charge is -2.17. The van der Waals surface area contributed by atoms with Crippen molar-refractivity contribution < 1.29 is 4.79 Å². The normalized spacial score (nSPS) is 15.8. The monoisotopic (exact) mass is 280 g/mol. The number of nitrogens with one attached hydrogen (secondary N) is 1. The molecule has 0 bridgehead atoms. The fraction of sp³-hybridized carbons (Fsp3) is 0.278. The molecule has 0 saturated carbocycles. The molecule has 21 heavy (non-hydrogen) atoms. The van der Waals surface area contributed by atoms with E-state index in [4.69, 9.17) is 5.73 Å². The molecule has 1 amide bonds. The maximum atomic E-state index is 11.6. The van der Waals surface area contributed by atoms with E-state index in [0.717, 1.165) is 29.7 Å². The molecule has 0 fully saturated rings. The number of rotatable bonds is 2. The highest BCUT2D eigenvalue weighted by atomic mass is 16.1. The fourth-order valence-electron chi connectivity index (χ4n) is 2.90. The van der Waals surface area contributed by atoms with Crippen LogP contribution in [0.25, 0.3) is 0 Å². The Morgan fingerprint density at radius 1 is 1.14 bits per heavy atom. The fourth-order valence-corrected chi connectivity index (χ4v) is 2.90. The van der Waals surface area contributed by atoms with E-state index in [1.807, 2.05) is 24.3 Å². The summed E-state index contributed by atoms with van der Waals surface area (Å²) in [5.74, 6) is 0.102. The minimum Gasteiger partial charge on any atom is -0.326 e. The van der Waals surface area contributed by atoms with Crippen molar-refractivity contribution in [2.45, 2.75) is 32.2 Å². The van der Waals surface area contributed by atoms with Crippen LogP contribution in [0.5, 0.6) is 0 Å². The predicted octanol–water partition coefficient (Wildman–Crippen LogP) is 3.32. The van der Waals surface area contributed by atoms with Gasteiger partial charge in [0.1, 0.15) is 0 Å². The van der Waals surface area contributed by atoms with E-state index in [2.05, 4.69) is 30.4 Å². The second-order valence-electron chi connectivity index (χ2n) is 5.65. The Labute approximate surface area is 125 Å². The molecule has 2 aromatic rings. The highest BCUT2D eigenvalue weighted by Crippen LogP contribution is 2.28. The molecular weight excluding hydrogens is 260 g/mol. The summed E-state index contributed by atoms with van der Waals surface area (Å²) in [6.07, 6.45) is 2.40. The number of nitrogens with two attached hydrogens (primary N) is 1. The number of aryl methyl sites for hydroxylation is 2. The van der Waals surface area contributed by atoms with E-state index in [1.165, 1.54) is 11.1 Å². The number of carbonyl (C=O) groups excluding carboxylic acids is 1. The lowest BCUT2D eigenvalue weighted by atomic mass is 9.93. The van der Waals surface area contributed by atoms with Gasteiger partial charge in [0.15, 0.2) is 0 Å². The third-order valence-corrected chi connectivity index (χ3v) is 4.14. The Hall–Kier alpha value is -2.13. The molecule has 3 rings (SSSR count). The number of fused-ring (bicyclic) bond motifs is 1. The molecule has 1 aliphatic rings. The molecule has 0 aliphatic carbocycles. The van der Waals surface area contributed by atoms with Gasteiger partial charge in [-0.1, -0.05) is 36.4 Å². The molecule has 3 nitrogen and oxygen atoms in total. The van der Waals surface area contributed by atoms with Gasteiger partial charge in [-0.15, -0.1) is 0 Å². The summed E-state index contributed by atoms with van der Waals surface area (Å²) in [5.41, 5.74) is 12.0. The highest BCUT2D eigenvalue weighted by molar-refractivity contribution is 5.92. The summed E-state index contributed by atoms with van der Waals surface area (Å²) in [5, 5.41) is 2.96. The summed E-state index contributed by atoms with van der Waals surface area (Å²) < 4.78 is 0. The maximum Gasteiger partial charge on any atom is 0.224 e. The lowest BCUT2D eigenvalue weighted by molar-refractivity contribution is -0.116. The summed E-state index contributed by atoms with van der Waals surface area (Å²) in [6.45, 7) is 2.08. The molecule has 0 aromatic heterocycles. The number of benzene rings is 2. The minimum atomic E-state index is -0.129. The topological polar surface area (TPSA) is 55.1 Å². The Morgan fingerprint density at radius 3 is 2.76 bits per heavy atom. The molecule has 0 saturated heterocycles. The van der Waals surface area contributed by atoms with Gasteiger partial charge in [0.2, 0.25) is 5.91 Å². The summed E-state index contributed by atoms with van der Waals surface area (Å²) in [7, 11) is 0. The van der Waals surface area contributed by atoms with Crippen LogP contribution < -0.4 is 11.1 Å². The zero-order chi connectivity index (χ0) is 14.8. The second kappa shape index (κ2) is 5.70. The van der Waals surface area contributed by atoms with Crippen molar-refractivity contribution in [1.29, 1.82) is 0 Å². The zero-order valence-corrected chi connectivity index (χ0v) is 12.2. The SMILES string of the molecule is Cc1ccccc1C(N)c1ccc2c(c1)CCCC(=O)N2. The van der Waals surface area contributed by atoms with Crippen molar-refractivity contribution in [1.82, 2.24) is 0 Å². The maximum absolute atomic E-state index is 11.6. The Morgan fingerprint density at radius 2 is 1.95 bits per heavy atom. The third-order valence-electron chi connectivity index (χ3n) is 4.14. The average Bonchev–Trinajstić information content (AvgIpc) is 2.67. The number of hydrogen-bond acceptors (Lipinski definition) is 2. The van der Waals surface area contributed by atoms with E-state index in [1.54, 1.807) is 0 Å². The van der Waals surface area contributed by atoms with Crippen LogP contribution >= 0.6 is 0 Å². The molecule has 1 aliphatic heterocycles. The van der Waals surface area contributed by atoms with Gasteiger partial charge < -0.3 is 11.1 Å². The number of hydrogen-bond donors (Lipinski definition) is 2. The van der Waals surface area contributed by atoms with Crippen molar-refractivity contribution in [3.05, 3.63) is 64.7 Å². The van der Waals surface area contributed by atoms with E-state index in [0.29, 0.717) is 6.42 Å². The van der Waals surface area contributed by atoms with Crippen LogP contribution in [0.3, 0.4) is 0 Å². The van der Waals surface area contributed by atoms with Crippen molar-refractivity contribution in [3.8, 4) is 0 Å². The van der Waals surface area contributed by atoms with Gasteiger partial charge in [-0.25, -0.2) is 0 Å². The van der Waals surface area contributed by atoms with E-state index < -0.39 is 0 Å². The first-order valence-corrected chi connectivity index (χ1v) is 7.39. The summed E-state index contributed by atoms with van der Waals surface area (Å²) in [4.78, 5) is 11.6. The Kier molecular flexibility index (Phi) is 3.76. The first-order chi connectivity index (χ1) is 10.1. The molecule has 1 unspecified atom stereocenters. The molecule has 0 spiro atoms. The van der Waals surface area contributed by atoms with Gasteiger partial charge >= 0.3 is 0 Å². The van der Waals surface area contributed by atoms with Crippen molar-refractivity contribution in [2.75, 3.05) is 5.32 Å². The van der Waals surface area contributed by atoms with E-state index >= 15 is 0 Å². The number of anilines is 1. The summed E-state index contributed by atoms with van der Waals surface area (Å²) >= 11 is 0. The Balaban J connectivity index is 1.95. The molecule has 2 aromatic carbocycles. The highest BCUT2D eigenvalue weighted by Gasteiger charge is 2.16. The molecule has 3 N–H and O–H groups in total. The molecule has 1 heterocycles. The van der Waals surface area contributed by atoms with Gasteiger partial charge in [-0.2, -0.15) is 0 Å². The number of carbonyl (C=O) groups is 1. The second-order valence-corrected chi connectivity index (χ2v) is 5.65. The van der Waals surface area contributed by atoms with Crippen LogP contribution in [-0.4, -0.2) is 5.91 Å². The molecule has 108 valence electrons. The van der Waals surface area contributed by atoms with Crippen LogP contribution in [-0.2, 0) is 11.2 Å². The van der Waals surface area contributed by atoms with Gasteiger partial charge in [-0.05, 0) is 48.1 Å². The van der Waals surface area contributed by atoms with Gasteiger partial charge in [0.25, 0.3) is 0 Å². The quantitative estimate of drug-likeness (QED) is 0.886. The van der Waals surface area contributed by atoms with Crippen LogP contribution in [0.2, 0.25) is 0 Å². The standard InChI is InChI=1S/C18H20N2O/c1-12-5-2-3-7-15(12)18(19)14-9-10-16-13(11-14)6-4-8-17(21)20-16/h2-3,5,7,9-11,18H,4,6,8,19H2,1H3,(H,20,21). The van der Waals surface area contributed by atoms with Crippen molar-refractivity contribution >= 4 is 11.6 Å². The van der Waals surface area contributed by atoms with Crippen LogP contribution in [0.15, 0.2) is 42.5 Å². The minimum absolute atomic E-state index is 0.102. The number of amides is 1. The smallest absolute Gasteiger partial charge is 0.224 e. The van der Waals surface area contributed by atoms with Crippen molar-refractivity contribution in [3.63, 3.8) is 0 Å². The first kappa shape index (κ1) is 13.8. The Bertz CT molecular complexity index is 679. The van der Waals surface area contributed by atoms with Gasteiger partial charge in [0, 0.05) is 12.1 Å². The van der Waals surface area contributed by atoms with E-state index in [-0.39, 0.29) is 11.9 Å². The molecule has 0 radical (unpaired) electrons. The van der Waals surface area contributed by atoms with E-state index in [9.17, 15) is 4.79 Å². The lowest BCUT2D eigenvalue weighted by Crippen LogP contribution is -2.14. The molecule has 1 atom stereocenters. The van der Waals surface area contributed by atoms with Crippen LogP contribution in [0.4, 0.5) is 5.69 Å². The van der Waals surface area contributed by atoms with Gasteiger partial charge in [0.05, 0.1) is 6.04 Å². The average molecular weight is 280 g/mol. The first-order valence-electron chi connectivity index (χ1n) is 7.39. The summed E-state index contributed by atoms with van der Waals surface area (Å²) in [6, 6.07) is 14.2. The zero-order valence-electron chi connectivity index (χ0n) is 12.2. The predicted molar refractivity (Wildman–Crippen MR) is 85.2 cm³/mol. The van der Waals surface area contributed by atoms with Crippen LogP contribution in [0.1, 0.15) is 41.1 Å². The third kappa shape index (κ3) is 2.83. The van der Waals surface area contributed by atoms with Gasteiger partial charge in [-0.3, -0.25) is 4.79 Å². The van der Waals surface area contributed by atoms with Crippen molar-refractivity contribution in [2.24, 2.45) is 5.73 Å².